The highest BCUT2D eigenvalue weighted by Crippen LogP contribution is 2.30. The van der Waals surface area contributed by atoms with Crippen LogP contribution in [-0.2, 0) is 0 Å². The normalized spacial score (nSPS) is 10.3. The van der Waals surface area contributed by atoms with Gasteiger partial charge in [0, 0.05) is 0 Å². The van der Waals surface area contributed by atoms with E-state index < -0.39 is 0 Å². The molecule has 0 aromatic heterocycles. The molecule has 3 rings (SSSR count). The molecule has 0 heterocycles. The first-order valence-corrected chi connectivity index (χ1v) is 7.16. The smallest absolute Gasteiger partial charge is 0.0172 e. The Hall–Kier alpha value is -2.60. The van der Waals surface area contributed by atoms with Crippen molar-refractivity contribution in [2.45, 2.75) is 6.92 Å². The summed E-state index contributed by atoms with van der Waals surface area (Å²) in [7, 11) is 0. The zero-order valence-electron chi connectivity index (χ0n) is 12.2. The SMILES string of the molecule is C=C(C)c1cc(-c2ccccc2)cc(-c2ccccc2)c1. The molecule has 0 amide bonds. The lowest BCUT2D eigenvalue weighted by molar-refractivity contribution is 1.54. The maximum atomic E-state index is 4.09. The first-order valence-electron chi connectivity index (χ1n) is 7.16. The maximum Gasteiger partial charge on any atom is -0.0172 e. The van der Waals surface area contributed by atoms with Crippen LogP contribution in [0.4, 0.5) is 0 Å². The monoisotopic (exact) mass is 270 g/mol. The van der Waals surface area contributed by atoms with E-state index in [-0.39, 0.29) is 0 Å². The van der Waals surface area contributed by atoms with E-state index in [2.05, 4.69) is 80.2 Å². The van der Waals surface area contributed by atoms with Gasteiger partial charge in [-0.15, -0.1) is 0 Å². The van der Waals surface area contributed by atoms with Crippen molar-refractivity contribution in [1.82, 2.24) is 0 Å². The van der Waals surface area contributed by atoms with Gasteiger partial charge >= 0.3 is 0 Å². The van der Waals surface area contributed by atoms with Crippen molar-refractivity contribution in [3.05, 3.63) is 91.0 Å². The lowest BCUT2D eigenvalue weighted by Gasteiger charge is -2.10. The van der Waals surface area contributed by atoms with E-state index in [1.807, 2.05) is 12.1 Å². The summed E-state index contributed by atoms with van der Waals surface area (Å²) in [4.78, 5) is 0. The predicted octanol–water partition coefficient (Wildman–Crippen LogP) is 6.05. The number of benzene rings is 3. The Kier molecular flexibility index (Phi) is 3.70. The first-order chi connectivity index (χ1) is 10.2. The standard InChI is InChI=1S/C21H18/c1-16(2)19-13-20(17-9-5-3-6-10-17)15-21(14-19)18-11-7-4-8-12-18/h3-15H,1H2,2H3. The van der Waals surface area contributed by atoms with Gasteiger partial charge in [-0.1, -0.05) is 72.8 Å². The topological polar surface area (TPSA) is 0 Å². The van der Waals surface area contributed by atoms with Gasteiger partial charge in [-0.2, -0.15) is 0 Å². The molecule has 0 bridgehead atoms. The van der Waals surface area contributed by atoms with Crippen LogP contribution in [0.25, 0.3) is 27.8 Å². The van der Waals surface area contributed by atoms with Crippen molar-refractivity contribution < 1.29 is 0 Å². The van der Waals surface area contributed by atoms with Crippen LogP contribution in [0.1, 0.15) is 12.5 Å². The Morgan fingerprint density at radius 1 is 0.619 bits per heavy atom. The molecule has 0 aliphatic carbocycles. The summed E-state index contributed by atoms with van der Waals surface area (Å²) in [5, 5.41) is 0. The molecule has 0 radical (unpaired) electrons. The first kappa shape index (κ1) is 13.4. The average Bonchev–Trinajstić information content (AvgIpc) is 2.56. The number of rotatable bonds is 3. The molecule has 3 aromatic rings. The van der Waals surface area contributed by atoms with Crippen LogP contribution in [-0.4, -0.2) is 0 Å². The number of allylic oxidation sites excluding steroid dienone is 1. The minimum Gasteiger partial charge on any atom is -0.0955 e. The quantitative estimate of drug-likeness (QED) is 0.543. The van der Waals surface area contributed by atoms with Crippen LogP contribution in [0.5, 0.6) is 0 Å². The van der Waals surface area contributed by atoms with Gasteiger partial charge in [0.15, 0.2) is 0 Å². The molecular weight excluding hydrogens is 252 g/mol. The average molecular weight is 270 g/mol. The second kappa shape index (κ2) is 5.80. The molecule has 102 valence electrons. The fourth-order valence-corrected chi connectivity index (χ4v) is 2.47. The maximum absolute atomic E-state index is 4.09. The van der Waals surface area contributed by atoms with Crippen LogP contribution >= 0.6 is 0 Å². The van der Waals surface area contributed by atoms with Gasteiger partial charge in [-0.3, -0.25) is 0 Å². The summed E-state index contributed by atoms with van der Waals surface area (Å²) >= 11 is 0. The molecule has 0 N–H and O–H groups in total. The Bertz CT molecular complexity index is 695. The van der Waals surface area contributed by atoms with Crippen molar-refractivity contribution in [3.8, 4) is 22.3 Å². The molecule has 0 aliphatic rings. The molecule has 0 unspecified atom stereocenters. The van der Waals surface area contributed by atoms with Gasteiger partial charge in [0.1, 0.15) is 0 Å². The fraction of sp³-hybridized carbons (Fsp3) is 0.0476. The minimum absolute atomic E-state index is 1.09. The molecule has 0 saturated carbocycles. The molecule has 3 aromatic carbocycles. The van der Waals surface area contributed by atoms with E-state index in [0.29, 0.717) is 0 Å². The van der Waals surface area contributed by atoms with Gasteiger partial charge < -0.3 is 0 Å². The third-order valence-electron chi connectivity index (χ3n) is 3.64. The fourth-order valence-electron chi connectivity index (χ4n) is 2.47. The highest BCUT2D eigenvalue weighted by Gasteiger charge is 2.05. The van der Waals surface area contributed by atoms with Gasteiger partial charge in [-0.05, 0) is 52.9 Å². The van der Waals surface area contributed by atoms with Crippen molar-refractivity contribution in [1.29, 1.82) is 0 Å². The molecule has 21 heavy (non-hydrogen) atoms. The molecule has 0 spiro atoms. The molecule has 0 saturated heterocycles. The van der Waals surface area contributed by atoms with Crippen LogP contribution < -0.4 is 0 Å². The van der Waals surface area contributed by atoms with Gasteiger partial charge in [-0.25, -0.2) is 0 Å². The summed E-state index contributed by atoms with van der Waals surface area (Å²) in [6, 6.07) is 27.6. The second-order valence-corrected chi connectivity index (χ2v) is 5.31. The molecule has 0 heteroatoms. The zero-order chi connectivity index (χ0) is 14.7. The highest BCUT2D eigenvalue weighted by atomic mass is 14.1. The molecule has 0 aliphatic heterocycles. The third kappa shape index (κ3) is 2.95. The molecular formula is C21H18. The number of hydrogen-bond acceptors (Lipinski definition) is 0. The van der Waals surface area contributed by atoms with Crippen LogP contribution in [0.2, 0.25) is 0 Å². The Morgan fingerprint density at radius 2 is 1.05 bits per heavy atom. The van der Waals surface area contributed by atoms with E-state index in [4.69, 9.17) is 0 Å². The Balaban J connectivity index is 2.18. The summed E-state index contributed by atoms with van der Waals surface area (Å²) in [6.45, 7) is 6.15. The highest BCUT2D eigenvalue weighted by molar-refractivity contribution is 5.79. The van der Waals surface area contributed by atoms with Crippen molar-refractivity contribution in [3.63, 3.8) is 0 Å². The molecule has 0 nitrogen and oxygen atoms in total. The van der Waals surface area contributed by atoms with Gasteiger partial charge in [0.2, 0.25) is 0 Å². The van der Waals surface area contributed by atoms with Crippen molar-refractivity contribution in [2.24, 2.45) is 0 Å². The van der Waals surface area contributed by atoms with E-state index in [0.717, 1.165) is 5.57 Å². The predicted molar refractivity (Wildman–Crippen MR) is 92.0 cm³/mol. The molecule has 0 fully saturated rings. The Morgan fingerprint density at radius 3 is 1.43 bits per heavy atom. The van der Waals surface area contributed by atoms with Crippen LogP contribution in [0.3, 0.4) is 0 Å². The minimum atomic E-state index is 1.09. The van der Waals surface area contributed by atoms with E-state index in [1.165, 1.54) is 27.8 Å². The summed E-state index contributed by atoms with van der Waals surface area (Å²) < 4.78 is 0. The van der Waals surface area contributed by atoms with E-state index in [1.54, 1.807) is 0 Å². The van der Waals surface area contributed by atoms with Crippen molar-refractivity contribution in [2.75, 3.05) is 0 Å². The summed E-state index contributed by atoms with van der Waals surface area (Å²) in [5.74, 6) is 0. The largest absolute Gasteiger partial charge is 0.0955 e. The number of hydrogen-bond donors (Lipinski definition) is 0. The van der Waals surface area contributed by atoms with Crippen molar-refractivity contribution >= 4 is 5.57 Å². The summed E-state index contributed by atoms with van der Waals surface area (Å²) in [5.41, 5.74) is 7.21. The second-order valence-electron chi connectivity index (χ2n) is 5.31. The third-order valence-corrected chi connectivity index (χ3v) is 3.64. The van der Waals surface area contributed by atoms with Crippen LogP contribution in [0, 0.1) is 0 Å². The van der Waals surface area contributed by atoms with Gasteiger partial charge in [0.25, 0.3) is 0 Å². The lowest BCUT2D eigenvalue weighted by atomic mass is 9.94. The van der Waals surface area contributed by atoms with Crippen LogP contribution in [0.15, 0.2) is 85.4 Å². The lowest BCUT2D eigenvalue weighted by Crippen LogP contribution is -1.86. The zero-order valence-corrected chi connectivity index (χ0v) is 12.2. The Labute approximate surface area is 126 Å². The molecule has 0 atom stereocenters. The van der Waals surface area contributed by atoms with E-state index >= 15 is 0 Å². The summed E-state index contributed by atoms with van der Waals surface area (Å²) in [6.07, 6.45) is 0. The van der Waals surface area contributed by atoms with Gasteiger partial charge in [0.05, 0.1) is 0 Å². The van der Waals surface area contributed by atoms with E-state index in [9.17, 15) is 0 Å².